The number of hydrogen-bond acceptors (Lipinski definition) is 6. The van der Waals surface area contributed by atoms with Crippen LogP contribution in [0.15, 0.2) is 12.4 Å². The Hall–Kier alpha value is -1.24. The van der Waals surface area contributed by atoms with Crippen LogP contribution < -0.4 is 21.5 Å². The molecule has 1 aromatic heterocycles. The van der Waals surface area contributed by atoms with Crippen LogP contribution in [-0.4, -0.2) is 41.7 Å². The summed E-state index contributed by atoms with van der Waals surface area (Å²) in [7, 11) is 2.12. The van der Waals surface area contributed by atoms with Crippen LogP contribution in [0.5, 0.6) is 0 Å². The molecular formula is C17H30N6. The third kappa shape index (κ3) is 3.82. The summed E-state index contributed by atoms with van der Waals surface area (Å²) >= 11 is 0. The van der Waals surface area contributed by atoms with E-state index < -0.39 is 0 Å². The normalized spacial score (nSPS) is 33.5. The Morgan fingerprint density at radius 1 is 1.22 bits per heavy atom. The Morgan fingerprint density at radius 2 is 1.91 bits per heavy atom. The Labute approximate surface area is 139 Å². The van der Waals surface area contributed by atoms with Crippen LogP contribution in [0, 0.1) is 5.92 Å². The lowest BCUT2D eigenvalue weighted by Crippen LogP contribution is -2.35. The van der Waals surface area contributed by atoms with Gasteiger partial charge < -0.3 is 10.6 Å². The molecule has 2 atom stereocenters. The standard InChI is InChI=1S/C17H30N6/c1-11-15(12(2)22-21-11)5-4-6-23(3)17-9-16(19-10-20-17)13-7-14(18)8-13/h9-15,21-22H,4-8,18H2,1-3H3. The minimum absolute atomic E-state index is 0.355. The lowest BCUT2D eigenvalue weighted by molar-refractivity contribution is 0.345. The van der Waals surface area contributed by atoms with Crippen LogP contribution in [0.2, 0.25) is 0 Å². The second-order valence-corrected chi connectivity index (χ2v) is 7.32. The van der Waals surface area contributed by atoms with Crippen molar-refractivity contribution in [1.82, 2.24) is 20.8 Å². The summed E-state index contributed by atoms with van der Waals surface area (Å²) in [5, 5.41) is 0. The Morgan fingerprint density at radius 3 is 2.57 bits per heavy atom. The first-order valence-corrected chi connectivity index (χ1v) is 8.84. The fraction of sp³-hybridized carbons (Fsp3) is 0.765. The van der Waals surface area contributed by atoms with Gasteiger partial charge in [-0.3, -0.25) is 10.9 Å². The van der Waals surface area contributed by atoms with E-state index in [1.165, 1.54) is 12.8 Å². The van der Waals surface area contributed by atoms with Gasteiger partial charge in [0.1, 0.15) is 12.1 Å². The molecule has 128 valence electrons. The van der Waals surface area contributed by atoms with Crippen LogP contribution in [0.3, 0.4) is 0 Å². The highest BCUT2D eigenvalue weighted by Gasteiger charge is 2.30. The van der Waals surface area contributed by atoms with E-state index in [9.17, 15) is 0 Å². The smallest absolute Gasteiger partial charge is 0.131 e. The summed E-state index contributed by atoms with van der Waals surface area (Å²) in [6, 6.07) is 3.59. The van der Waals surface area contributed by atoms with Gasteiger partial charge in [-0.25, -0.2) is 9.97 Å². The van der Waals surface area contributed by atoms with E-state index in [1.807, 2.05) is 0 Å². The number of hydrogen-bond donors (Lipinski definition) is 3. The SMILES string of the molecule is CC1NNC(C)C1CCCN(C)c1cc(C2CC(N)C2)ncn1. The maximum atomic E-state index is 5.89. The average Bonchev–Trinajstić information content (AvgIpc) is 2.83. The zero-order valence-corrected chi connectivity index (χ0v) is 14.5. The second kappa shape index (κ2) is 7.11. The molecule has 23 heavy (non-hydrogen) atoms. The molecule has 6 nitrogen and oxygen atoms in total. The summed E-state index contributed by atoms with van der Waals surface area (Å²) in [4.78, 5) is 11.1. The fourth-order valence-corrected chi connectivity index (χ4v) is 3.79. The Balaban J connectivity index is 1.50. The number of anilines is 1. The van der Waals surface area contributed by atoms with E-state index in [0.717, 1.165) is 30.9 Å². The number of rotatable bonds is 6. The summed E-state index contributed by atoms with van der Waals surface area (Å²) in [5.41, 5.74) is 13.7. The average molecular weight is 318 g/mol. The number of nitrogens with two attached hydrogens (primary N) is 1. The first-order chi connectivity index (χ1) is 11.0. The molecule has 1 saturated carbocycles. The van der Waals surface area contributed by atoms with Crippen LogP contribution in [-0.2, 0) is 0 Å². The molecular weight excluding hydrogens is 288 g/mol. The highest BCUT2D eigenvalue weighted by molar-refractivity contribution is 5.39. The molecule has 1 aromatic rings. The van der Waals surface area contributed by atoms with Crippen LogP contribution in [0.25, 0.3) is 0 Å². The van der Waals surface area contributed by atoms with Gasteiger partial charge in [-0.05, 0) is 45.4 Å². The lowest BCUT2D eigenvalue weighted by Gasteiger charge is -2.32. The van der Waals surface area contributed by atoms with Crippen molar-refractivity contribution in [3.8, 4) is 0 Å². The molecule has 0 aromatic carbocycles. The molecule has 1 saturated heterocycles. The van der Waals surface area contributed by atoms with Crippen LogP contribution in [0.1, 0.15) is 51.1 Å². The third-order valence-electron chi connectivity index (χ3n) is 5.51. The minimum Gasteiger partial charge on any atom is -0.360 e. The molecule has 2 fully saturated rings. The van der Waals surface area contributed by atoms with Gasteiger partial charge in [0, 0.05) is 49.4 Å². The van der Waals surface area contributed by atoms with Crippen molar-refractivity contribution in [3.05, 3.63) is 18.1 Å². The summed E-state index contributed by atoms with van der Waals surface area (Å²) in [6.45, 7) is 5.53. The van der Waals surface area contributed by atoms with Crippen molar-refractivity contribution in [2.24, 2.45) is 11.7 Å². The molecule has 0 amide bonds. The molecule has 0 radical (unpaired) electrons. The van der Waals surface area contributed by atoms with E-state index in [4.69, 9.17) is 5.73 Å². The zero-order valence-electron chi connectivity index (χ0n) is 14.5. The number of hydrazine groups is 1. The predicted molar refractivity (Wildman–Crippen MR) is 93.2 cm³/mol. The van der Waals surface area contributed by atoms with Gasteiger partial charge in [-0.15, -0.1) is 0 Å². The largest absolute Gasteiger partial charge is 0.360 e. The number of aromatic nitrogens is 2. The van der Waals surface area contributed by atoms with Gasteiger partial charge in [0.25, 0.3) is 0 Å². The van der Waals surface area contributed by atoms with E-state index in [-0.39, 0.29) is 0 Å². The van der Waals surface area contributed by atoms with Crippen molar-refractivity contribution in [2.75, 3.05) is 18.5 Å². The Bertz CT molecular complexity index is 506. The van der Waals surface area contributed by atoms with Gasteiger partial charge >= 0.3 is 0 Å². The molecule has 1 aliphatic carbocycles. The van der Waals surface area contributed by atoms with Crippen LogP contribution in [0.4, 0.5) is 5.82 Å². The molecule has 2 heterocycles. The number of nitrogens with zero attached hydrogens (tertiary/aromatic N) is 3. The molecule has 1 aliphatic heterocycles. The summed E-state index contributed by atoms with van der Waals surface area (Å²) < 4.78 is 0. The summed E-state index contributed by atoms with van der Waals surface area (Å²) in [5.74, 6) is 2.25. The van der Waals surface area contributed by atoms with Crippen molar-refractivity contribution >= 4 is 5.82 Å². The molecule has 0 bridgehead atoms. The van der Waals surface area contributed by atoms with Gasteiger partial charge in [0.15, 0.2) is 0 Å². The minimum atomic E-state index is 0.355. The third-order valence-corrected chi connectivity index (χ3v) is 5.51. The van der Waals surface area contributed by atoms with E-state index in [1.54, 1.807) is 6.33 Å². The van der Waals surface area contributed by atoms with E-state index in [2.05, 4.69) is 52.7 Å². The van der Waals surface area contributed by atoms with Gasteiger partial charge in [0.2, 0.25) is 0 Å². The molecule has 3 rings (SSSR count). The maximum absolute atomic E-state index is 5.89. The topological polar surface area (TPSA) is 79.1 Å². The van der Waals surface area contributed by atoms with Crippen molar-refractivity contribution < 1.29 is 0 Å². The van der Waals surface area contributed by atoms with E-state index >= 15 is 0 Å². The lowest BCUT2D eigenvalue weighted by atomic mass is 9.78. The van der Waals surface area contributed by atoms with Crippen molar-refractivity contribution in [3.63, 3.8) is 0 Å². The first-order valence-electron chi connectivity index (χ1n) is 8.84. The maximum Gasteiger partial charge on any atom is 0.131 e. The van der Waals surface area contributed by atoms with Crippen LogP contribution >= 0.6 is 0 Å². The first kappa shape index (κ1) is 16.6. The predicted octanol–water partition coefficient (Wildman–Crippen LogP) is 1.40. The van der Waals surface area contributed by atoms with Crippen molar-refractivity contribution in [2.45, 2.75) is 63.6 Å². The molecule has 6 heteroatoms. The quantitative estimate of drug-likeness (QED) is 0.736. The summed E-state index contributed by atoms with van der Waals surface area (Å²) in [6.07, 6.45) is 6.20. The molecule has 2 aliphatic rings. The number of nitrogens with one attached hydrogen (secondary N) is 2. The van der Waals surface area contributed by atoms with Gasteiger partial charge in [-0.2, -0.15) is 0 Å². The molecule has 0 spiro atoms. The van der Waals surface area contributed by atoms with Gasteiger partial charge in [0.05, 0.1) is 0 Å². The zero-order chi connectivity index (χ0) is 16.4. The molecule has 2 unspecified atom stereocenters. The Kier molecular flexibility index (Phi) is 5.14. The highest BCUT2D eigenvalue weighted by Crippen LogP contribution is 2.35. The fourth-order valence-electron chi connectivity index (χ4n) is 3.79. The highest BCUT2D eigenvalue weighted by atomic mass is 15.4. The van der Waals surface area contributed by atoms with Crippen molar-refractivity contribution in [1.29, 1.82) is 0 Å². The monoisotopic (exact) mass is 318 g/mol. The van der Waals surface area contributed by atoms with E-state index in [0.29, 0.717) is 30.0 Å². The van der Waals surface area contributed by atoms with Gasteiger partial charge in [-0.1, -0.05) is 0 Å². The molecule has 4 N–H and O–H groups in total. The second-order valence-electron chi connectivity index (χ2n) is 7.32.